The Kier molecular flexibility index (Phi) is 4.89. The van der Waals surface area contributed by atoms with E-state index in [1.165, 1.54) is 12.1 Å². The molecule has 2 aromatic rings. The van der Waals surface area contributed by atoms with Crippen LogP contribution < -0.4 is 4.74 Å². The topological polar surface area (TPSA) is 33.0 Å². The molecule has 3 heteroatoms. The molecular formula is C18H14FNO. The third-order valence-corrected chi connectivity index (χ3v) is 2.92. The summed E-state index contributed by atoms with van der Waals surface area (Å²) in [6.07, 6.45) is 5.31. The van der Waals surface area contributed by atoms with Crippen molar-refractivity contribution in [1.29, 1.82) is 5.26 Å². The average Bonchev–Trinajstić information content (AvgIpc) is 2.52. The smallest absolute Gasteiger partial charge is 0.123 e. The van der Waals surface area contributed by atoms with Gasteiger partial charge in [0.05, 0.1) is 18.8 Å². The van der Waals surface area contributed by atoms with Crippen LogP contribution in [0, 0.1) is 17.1 Å². The Labute approximate surface area is 123 Å². The van der Waals surface area contributed by atoms with Crippen molar-refractivity contribution in [2.75, 3.05) is 7.11 Å². The second-order valence-electron chi connectivity index (χ2n) is 4.33. The fourth-order valence-corrected chi connectivity index (χ4v) is 1.82. The van der Waals surface area contributed by atoms with Gasteiger partial charge in [0.15, 0.2) is 0 Å². The Morgan fingerprint density at radius 1 is 1.19 bits per heavy atom. The van der Waals surface area contributed by atoms with Gasteiger partial charge in [-0.25, -0.2) is 4.39 Å². The Hall–Kier alpha value is -2.86. The number of nitriles is 1. The summed E-state index contributed by atoms with van der Waals surface area (Å²) in [6, 6.07) is 15.6. The third kappa shape index (κ3) is 4.05. The Balaban J connectivity index is 2.17. The van der Waals surface area contributed by atoms with E-state index in [0.29, 0.717) is 11.1 Å². The average molecular weight is 279 g/mol. The van der Waals surface area contributed by atoms with Crippen LogP contribution >= 0.6 is 0 Å². The quantitative estimate of drug-likeness (QED) is 0.611. The van der Waals surface area contributed by atoms with Crippen LogP contribution in [0.1, 0.15) is 11.1 Å². The molecule has 21 heavy (non-hydrogen) atoms. The first-order valence-electron chi connectivity index (χ1n) is 6.41. The van der Waals surface area contributed by atoms with Crippen LogP contribution in [0.5, 0.6) is 5.75 Å². The highest BCUT2D eigenvalue weighted by Crippen LogP contribution is 2.16. The molecule has 0 N–H and O–H groups in total. The first kappa shape index (κ1) is 14.5. The van der Waals surface area contributed by atoms with E-state index in [9.17, 15) is 4.39 Å². The number of nitrogens with zero attached hydrogens (tertiary/aromatic N) is 1. The zero-order chi connectivity index (χ0) is 15.1. The van der Waals surface area contributed by atoms with Gasteiger partial charge in [0.25, 0.3) is 0 Å². The molecule has 2 nitrogen and oxygen atoms in total. The van der Waals surface area contributed by atoms with Gasteiger partial charge < -0.3 is 4.74 Å². The molecule has 0 amide bonds. The number of hydrogen-bond donors (Lipinski definition) is 0. The van der Waals surface area contributed by atoms with E-state index in [0.717, 1.165) is 11.3 Å². The Bertz CT molecular complexity index is 709. The van der Waals surface area contributed by atoms with Crippen LogP contribution in [0.25, 0.3) is 11.6 Å². The van der Waals surface area contributed by atoms with Gasteiger partial charge in [-0.3, -0.25) is 0 Å². The number of benzene rings is 2. The second kappa shape index (κ2) is 7.06. The largest absolute Gasteiger partial charge is 0.497 e. The fourth-order valence-electron chi connectivity index (χ4n) is 1.82. The predicted octanol–water partition coefficient (Wildman–Crippen LogP) is 4.45. The number of ether oxygens (including phenoxy) is 1. The summed E-state index contributed by atoms with van der Waals surface area (Å²) < 4.78 is 18.2. The number of allylic oxidation sites excluding steroid dienone is 3. The molecule has 0 fully saturated rings. The maximum atomic E-state index is 13.2. The molecule has 2 rings (SSSR count). The first-order chi connectivity index (χ1) is 10.2. The first-order valence-corrected chi connectivity index (χ1v) is 6.41. The summed E-state index contributed by atoms with van der Waals surface area (Å²) in [7, 11) is 1.62. The van der Waals surface area contributed by atoms with E-state index in [2.05, 4.69) is 6.07 Å². The molecule has 0 aliphatic rings. The van der Waals surface area contributed by atoms with Crippen molar-refractivity contribution in [3.63, 3.8) is 0 Å². The van der Waals surface area contributed by atoms with Gasteiger partial charge in [-0.2, -0.15) is 5.26 Å². The predicted molar refractivity (Wildman–Crippen MR) is 82.0 cm³/mol. The molecule has 0 aliphatic heterocycles. The summed E-state index contributed by atoms with van der Waals surface area (Å²) >= 11 is 0. The SMILES string of the molecule is COc1ccc(/C=C/C=C(/C#N)c2cccc(F)c2)cc1. The third-order valence-electron chi connectivity index (χ3n) is 2.92. The Morgan fingerprint density at radius 2 is 1.95 bits per heavy atom. The molecule has 0 spiro atoms. The van der Waals surface area contributed by atoms with E-state index < -0.39 is 0 Å². The molecule has 0 bridgehead atoms. The molecule has 0 saturated carbocycles. The minimum absolute atomic E-state index is 0.354. The molecule has 0 radical (unpaired) electrons. The molecule has 0 unspecified atom stereocenters. The zero-order valence-electron chi connectivity index (χ0n) is 11.6. The lowest BCUT2D eigenvalue weighted by molar-refractivity contribution is 0.415. The van der Waals surface area contributed by atoms with Crippen LogP contribution in [0.2, 0.25) is 0 Å². The van der Waals surface area contributed by atoms with Gasteiger partial charge in [0.2, 0.25) is 0 Å². The lowest BCUT2D eigenvalue weighted by Crippen LogP contribution is -1.83. The molecule has 0 aromatic heterocycles. The van der Waals surface area contributed by atoms with Gasteiger partial charge in [-0.05, 0) is 41.5 Å². The van der Waals surface area contributed by atoms with Crippen LogP contribution in [0.4, 0.5) is 4.39 Å². The minimum atomic E-state index is -0.354. The van der Waals surface area contributed by atoms with E-state index in [1.807, 2.05) is 30.3 Å². The van der Waals surface area contributed by atoms with Crippen LogP contribution in [-0.2, 0) is 0 Å². The van der Waals surface area contributed by atoms with Crippen molar-refractivity contribution in [1.82, 2.24) is 0 Å². The van der Waals surface area contributed by atoms with Crippen LogP contribution in [0.3, 0.4) is 0 Å². The standard InChI is InChI=1S/C18H14FNO/c1-21-18-10-8-14(9-11-18)4-2-6-16(13-20)15-5-3-7-17(19)12-15/h2-12H,1H3/b4-2+,16-6-. The minimum Gasteiger partial charge on any atom is -0.497 e. The van der Waals surface area contributed by atoms with Crippen molar-refractivity contribution in [2.45, 2.75) is 0 Å². The molecule has 0 saturated heterocycles. The monoisotopic (exact) mass is 279 g/mol. The van der Waals surface area contributed by atoms with E-state index in [-0.39, 0.29) is 5.82 Å². The highest BCUT2D eigenvalue weighted by Gasteiger charge is 2.00. The number of halogens is 1. The van der Waals surface area contributed by atoms with Crippen molar-refractivity contribution < 1.29 is 9.13 Å². The van der Waals surface area contributed by atoms with Gasteiger partial charge in [-0.15, -0.1) is 0 Å². The van der Waals surface area contributed by atoms with E-state index in [4.69, 9.17) is 10.00 Å². The number of methoxy groups -OCH3 is 1. The number of hydrogen-bond acceptors (Lipinski definition) is 2. The normalized spacial score (nSPS) is 11.4. The van der Waals surface area contributed by atoms with Gasteiger partial charge in [0.1, 0.15) is 11.6 Å². The van der Waals surface area contributed by atoms with Crippen LogP contribution in [-0.4, -0.2) is 7.11 Å². The Morgan fingerprint density at radius 3 is 2.57 bits per heavy atom. The maximum absolute atomic E-state index is 13.2. The molecule has 0 atom stereocenters. The fraction of sp³-hybridized carbons (Fsp3) is 0.0556. The molecule has 0 aliphatic carbocycles. The van der Waals surface area contributed by atoms with Crippen molar-refractivity contribution in [3.05, 3.63) is 77.6 Å². The van der Waals surface area contributed by atoms with Crippen molar-refractivity contribution >= 4 is 11.6 Å². The maximum Gasteiger partial charge on any atom is 0.123 e. The molecule has 2 aromatic carbocycles. The van der Waals surface area contributed by atoms with E-state index >= 15 is 0 Å². The highest BCUT2D eigenvalue weighted by molar-refractivity contribution is 5.78. The summed E-state index contributed by atoms with van der Waals surface area (Å²) in [6.45, 7) is 0. The van der Waals surface area contributed by atoms with Gasteiger partial charge in [0, 0.05) is 0 Å². The lowest BCUT2D eigenvalue weighted by Gasteiger charge is -1.99. The van der Waals surface area contributed by atoms with E-state index in [1.54, 1.807) is 31.4 Å². The zero-order valence-corrected chi connectivity index (χ0v) is 11.6. The van der Waals surface area contributed by atoms with Gasteiger partial charge in [-0.1, -0.05) is 36.4 Å². The summed E-state index contributed by atoms with van der Waals surface area (Å²) in [4.78, 5) is 0. The molecule has 0 heterocycles. The lowest BCUT2D eigenvalue weighted by atomic mass is 10.1. The number of rotatable bonds is 4. The molecule has 104 valence electrons. The summed E-state index contributed by atoms with van der Waals surface area (Å²) in [5.74, 6) is 0.438. The van der Waals surface area contributed by atoms with Crippen LogP contribution in [0.15, 0.2) is 60.7 Å². The highest BCUT2D eigenvalue weighted by atomic mass is 19.1. The van der Waals surface area contributed by atoms with Crippen molar-refractivity contribution in [2.24, 2.45) is 0 Å². The molecular weight excluding hydrogens is 265 g/mol. The van der Waals surface area contributed by atoms with Crippen molar-refractivity contribution in [3.8, 4) is 11.8 Å². The van der Waals surface area contributed by atoms with Gasteiger partial charge >= 0.3 is 0 Å². The summed E-state index contributed by atoms with van der Waals surface area (Å²) in [5.41, 5.74) is 1.97. The summed E-state index contributed by atoms with van der Waals surface area (Å²) in [5, 5.41) is 9.14. The second-order valence-corrected chi connectivity index (χ2v) is 4.33.